The fraction of sp³-hybridized carbons (Fsp3) is 1.00. The Hall–Kier alpha value is -0.120. The molecule has 0 rings (SSSR count). The summed E-state index contributed by atoms with van der Waals surface area (Å²) in [5.74, 6) is 0. The van der Waals surface area contributed by atoms with E-state index in [9.17, 15) is 0 Å². The first-order valence-electron chi connectivity index (χ1n) is 24.1. The number of methoxy groups -OCH3 is 1. The van der Waals surface area contributed by atoms with Gasteiger partial charge in [0.1, 0.15) is 0 Å². The second-order valence-electron chi connectivity index (χ2n) is 20.5. The van der Waals surface area contributed by atoms with E-state index in [1.165, 1.54) is 193 Å². The lowest BCUT2D eigenvalue weighted by Crippen LogP contribution is -2.39. The summed E-state index contributed by atoms with van der Waals surface area (Å²) in [6.45, 7) is 25.3. The van der Waals surface area contributed by atoms with Crippen molar-refractivity contribution >= 4 is 0 Å². The second-order valence-corrected chi connectivity index (χ2v) is 20.5. The summed E-state index contributed by atoms with van der Waals surface area (Å²) in [6.07, 6.45) is 44.6. The quantitative estimate of drug-likeness (QED) is 0.0632. The molecule has 0 aromatic heterocycles. The molecule has 0 unspecified atom stereocenters. The van der Waals surface area contributed by atoms with Gasteiger partial charge in [0.2, 0.25) is 0 Å². The molecule has 0 aliphatic rings. The number of hydrogen-bond donors (Lipinski definition) is 1. The first-order valence-corrected chi connectivity index (χ1v) is 24.1. The number of rotatable bonds is 41. The maximum atomic E-state index is 6.38. The minimum atomic E-state index is -0.121. The highest BCUT2D eigenvalue weighted by atomic mass is 16.5. The Kier molecular flexibility index (Phi) is 32.8. The van der Waals surface area contributed by atoms with Gasteiger partial charge in [0.25, 0.3) is 0 Å². The Balaban J connectivity index is 4.65. The average Bonchev–Trinajstić information content (AvgIpc) is 3.09. The van der Waals surface area contributed by atoms with Crippen LogP contribution in [0.3, 0.4) is 0 Å². The van der Waals surface area contributed by atoms with Gasteiger partial charge in [0, 0.05) is 19.7 Å². The molecule has 1 N–H and O–H groups in total. The van der Waals surface area contributed by atoms with Gasteiger partial charge in [0.05, 0.1) is 17.8 Å². The van der Waals surface area contributed by atoms with E-state index in [2.05, 4.69) is 74.6 Å². The molecule has 0 bridgehead atoms. The largest absolute Gasteiger partial charge is 0.379 e. The van der Waals surface area contributed by atoms with Crippen molar-refractivity contribution in [2.24, 2.45) is 10.8 Å². The summed E-state index contributed by atoms with van der Waals surface area (Å²) in [5, 5.41) is 4.15. The highest BCUT2D eigenvalue weighted by molar-refractivity contribution is 4.85. The Morgan fingerprint density at radius 2 is 0.774 bits per heavy atom. The van der Waals surface area contributed by atoms with Gasteiger partial charge in [-0.25, -0.2) is 0 Å². The van der Waals surface area contributed by atoms with Crippen LogP contribution in [0.25, 0.3) is 0 Å². The topological polar surface area (TPSA) is 30.5 Å². The van der Waals surface area contributed by atoms with Crippen molar-refractivity contribution in [3.8, 4) is 0 Å². The van der Waals surface area contributed by atoms with E-state index < -0.39 is 0 Å². The molecule has 0 fully saturated rings. The zero-order valence-corrected chi connectivity index (χ0v) is 38.9. The monoisotopic (exact) mass is 750 g/mol. The van der Waals surface area contributed by atoms with Crippen LogP contribution in [0.5, 0.6) is 0 Å². The normalized spacial score (nSPS) is 13.1. The maximum Gasteiger partial charge on any atom is 0.0644 e. The molecular weight excluding hydrogens is 647 g/mol. The summed E-state index contributed by atoms with van der Waals surface area (Å²) in [6, 6.07) is 0.682. The minimum absolute atomic E-state index is 0.101. The first kappa shape index (κ1) is 52.9. The third-order valence-electron chi connectivity index (χ3n) is 12.3. The molecule has 0 spiro atoms. The Labute approximate surface area is 336 Å². The van der Waals surface area contributed by atoms with E-state index in [0.717, 1.165) is 26.0 Å². The van der Waals surface area contributed by atoms with E-state index >= 15 is 0 Å². The molecular formula is C50H103NO2. The zero-order chi connectivity index (χ0) is 39.7. The lowest BCUT2D eigenvalue weighted by molar-refractivity contribution is -0.0658. The molecule has 0 heterocycles. The Morgan fingerprint density at radius 3 is 1.13 bits per heavy atom. The molecule has 320 valence electrons. The molecule has 0 saturated heterocycles. The van der Waals surface area contributed by atoms with E-state index in [1.807, 2.05) is 0 Å². The van der Waals surface area contributed by atoms with Crippen LogP contribution in [0.2, 0.25) is 0 Å². The molecule has 0 aromatic carbocycles. The van der Waals surface area contributed by atoms with Gasteiger partial charge in [-0.3, -0.25) is 0 Å². The molecule has 0 amide bonds. The fourth-order valence-electron chi connectivity index (χ4n) is 8.42. The summed E-state index contributed by atoms with van der Waals surface area (Å²) < 4.78 is 12.0. The van der Waals surface area contributed by atoms with Gasteiger partial charge >= 0.3 is 0 Å². The number of hydrogen-bond acceptors (Lipinski definition) is 3. The van der Waals surface area contributed by atoms with Crippen molar-refractivity contribution in [1.82, 2.24) is 5.32 Å². The predicted molar refractivity (Wildman–Crippen MR) is 240 cm³/mol. The number of unbranched alkanes of at least 4 members (excludes halogenated alkanes) is 24. The average molecular weight is 750 g/mol. The summed E-state index contributed by atoms with van der Waals surface area (Å²) >= 11 is 0. The summed E-state index contributed by atoms with van der Waals surface area (Å²) in [7, 11) is 1.80. The molecule has 0 radical (unpaired) electrons. The molecule has 3 heteroatoms. The molecule has 0 saturated carbocycles. The predicted octanol–water partition coefficient (Wildman–Crippen LogP) is 16.7. The van der Waals surface area contributed by atoms with Crippen molar-refractivity contribution in [1.29, 1.82) is 0 Å². The van der Waals surface area contributed by atoms with Crippen LogP contribution < -0.4 is 5.32 Å². The highest BCUT2D eigenvalue weighted by Gasteiger charge is 2.32. The molecule has 0 aliphatic heterocycles. The second kappa shape index (κ2) is 32.9. The minimum Gasteiger partial charge on any atom is -0.379 e. The first-order chi connectivity index (χ1) is 25.2. The van der Waals surface area contributed by atoms with E-state index in [-0.39, 0.29) is 22.0 Å². The number of ether oxygens (including phenoxy) is 2. The van der Waals surface area contributed by atoms with E-state index in [0.29, 0.717) is 6.04 Å². The lowest BCUT2D eigenvalue weighted by Gasteiger charge is -2.38. The van der Waals surface area contributed by atoms with Crippen LogP contribution in [0.1, 0.15) is 275 Å². The fourth-order valence-corrected chi connectivity index (χ4v) is 8.42. The maximum absolute atomic E-state index is 6.38. The SMILES string of the molecule is CCCCCCCCCCCCCCCC(CCCCCCCCCCCCCCC)NCC(C)(C)CC(C)(C)CCC(C)(C)OCCC(C)(C)OC. The molecule has 3 nitrogen and oxygen atoms in total. The Bertz CT molecular complexity index is 741. The molecule has 0 aromatic rings. The van der Waals surface area contributed by atoms with Gasteiger partial charge in [-0.1, -0.05) is 208 Å². The molecule has 53 heavy (non-hydrogen) atoms. The van der Waals surface area contributed by atoms with Gasteiger partial charge < -0.3 is 14.8 Å². The van der Waals surface area contributed by atoms with Crippen LogP contribution in [0.4, 0.5) is 0 Å². The standard InChI is InChI=1S/C50H103NO2/c1-12-14-16-18-20-22-24-26-28-30-32-34-36-38-46(39-37-35-33-31-29-27-25-23-21-19-17-15-13-2)51-45-48(5,6)44-47(3,4)40-41-50(9,10)53-43-42-49(7,8)52-11/h46,51H,12-45H2,1-11H3. The third kappa shape index (κ3) is 36.0. The van der Waals surface area contributed by atoms with Crippen LogP contribution in [0, 0.1) is 10.8 Å². The van der Waals surface area contributed by atoms with Crippen LogP contribution in [-0.2, 0) is 9.47 Å². The molecule has 0 atom stereocenters. The van der Waals surface area contributed by atoms with Gasteiger partial charge in [-0.2, -0.15) is 0 Å². The van der Waals surface area contributed by atoms with Crippen molar-refractivity contribution in [3.63, 3.8) is 0 Å². The summed E-state index contributed by atoms with van der Waals surface area (Å²) in [4.78, 5) is 0. The van der Waals surface area contributed by atoms with Crippen molar-refractivity contribution in [2.45, 2.75) is 292 Å². The van der Waals surface area contributed by atoms with E-state index in [1.54, 1.807) is 7.11 Å². The Morgan fingerprint density at radius 1 is 0.415 bits per heavy atom. The summed E-state index contributed by atoms with van der Waals surface area (Å²) in [5.41, 5.74) is 0.346. The van der Waals surface area contributed by atoms with Crippen LogP contribution >= 0.6 is 0 Å². The smallest absolute Gasteiger partial charge is 0.0644 e. The van der Waals surface area contributed by atoms with Crippen LogP contribution in [-0.4, -0.2) is 37.5 Å². The number of nitrogens with one attached hydrogen (secondary N) is 1. The van der Waals surface area contributed by atoms with Crippen molar-refractivity contribution < 1.29 is 9.47 Å². The zero-order valence-electron chi connectivity index (χ0n) is 38.9. The van der Waals surface area contributed by atoms with Crippen molar-refractivity contribution in [3.05, 3.63) is 0 Å². The lowest BCUT2D eigenvalue weighted by atomic mass is 9.71. The molecule has 0 aliphatic carbocycles. The van der Waals surface area contributed by atoms with Gasteiger partial charge in [-0.15, -0.1) is 0 Å². The van der Waals surface area contributed by atoms with Crippen molar-refractivity contribution in [2.75, 3.05) is 20.3 Å². The highest BCUT2D eigenvalue weighted by Crippen LogP contribution is 2.39. The van der Waals surface area contributed by atoms with E-state index in [4.69, 9.17) is 9.47 Å². The third-order valence-corrected chi connectivity index (χ3v) is 12.3. The van der Waals surface area contributed by atoms with Crippen LogP contribution in [0.15, 0.2) is 0 Å². The van der Waals surface area contributed by atoms with Gasteiger partial charge in [0.15, 0.2) is 0 Å². The van der Waals surface area contributed by atoms with Gasteiger partial charge in [-0.05, 0) is 77.0 Å².